The van der Waals surface area contributed by atoms with E-state index in [1.165, 1.54) is 0 Å². The standard InChI is InChI=1S/C41H33N3O4/c1-3-43(4-2)29-21-23-34-38(26-29)47-37-24-22-30(25-35(37)41(34)33-19-11-10-18-32(33)39(45)48-41)44(28-15-6-5-7-16-28)40(46)42-36-20-12-14-27-13-8-9-17-31(27)36/h5-26H,3-4H2,1-2H3,(H,42,46). The largest absolute Gasteiger partial charge is 0.456 e. The highest BCUT2D eigenvalue weighted by Crippen LogP contribution is 2.57. The van der Waals surface area contributed by atoms with Gasteiger partial charge >= 0.3 is 12.0 Å². The number of carbonyl (C=O) groups excluding carboxylic acids is 2. The van der Waals surface area contributed by atoms with Gasteiger partial charge in [0, 0.05) is 46.9 Å². The Balaban J connectivity index is 1.29. The fourth-order valence-corrected chi connectivity index (χ4v) is 7.04. The molecule has 1 N–H and O–H groups in total. The van der Waals surface area contributed by atoms with Crippen molar-refractivity contribution in [2.45, 2.75) is 19.4 Å². The van der Waals surface area contributed by atoms with Gasteiger partial charge in [-0.1, -0.05) is 72.8 Å². The number of esters is 1. The van der Waals surface area contributed by atoms with E-state index in [4.69, 9.17) is 9.47 Å². The summed E-state index contributed by atoms with van der Waals surface area (Å²) in [5.74, 6) is 0.768. The second kappa shape index (κ2) is 11.6. The minimum atomic E-state index is -1.27. The predicted octanol–water partition coefficient (Wildman–Crippen LogP) is 9.62. The summed E-state index contributed by atoms with van der Waals surface area (Å²) in [7, 11) is 0. The van der Waals surface area contributed by atoms with Gasteiger partial charge in [-0.05, 0) is 73.8 Å². The molecule has 1 atom stereocenters. The molecule has 2 aliphatic heterocycles. The van der Waals surface area contributed by atoms with Gasteiger partial charge in [0.05, 0.1) is 22.6 Å². The van der Waals surface area contributed by atoms with E-state index in [0.29, 0.717) is 39.7 Å². The summed E-state index contributed by atoms with van der Waals surface area (Å²) in [5, 5.41) is 5.12. The molecule has 1 unspecified atom stereocenters. The Morgan fingerprint density at radius 3 is 2.23 bits per heavy atom. The molecule has 48 heavy (non-hydrogen) atoms. The Kier molecular flexibility index (Phi) is 7.10. The van der Waals surface area contributed by atoms with Gasteiger partial charge in [-0.2, -0.15) is 0 Å². The van der Waals surface area contributed by atoms with E-state index in [-0.39, 0.29) is 6.03 Å². The van der Waals surface area contributed by atoms with Crippen molar-refractivity contribution in [3.05, 3.63) is 156 Å². The first kappa shape index (κ1) is 29.3. The number of hydrogen-bond acceptors (Lipinski definition) is 5. The molecule has 236 valence electrons. The topological polar surface area (TPSA) is 71.1 Å². The van der Waals surface area contributed by atoms with Crippen LogP contribution in [-0.2, 0) is 10.3 Å². The molecule has 6 aromatic rings. The van der Waals surface area contributed by atoms with Gasteiger partial charge in [-0.3, -0.25) is 4.90 Å². The molecular formula is C41H33N3O4. The maximum atomic E-state index is 14.3. The molecule has 7 nitrogen and oxygen atoms in total. The number of nitrogens with one attached hydrogen (secondary N) is 1. The van der Waals surface area contributed by atoms with E-state index in [2.05, 4.69) is 30.1 Å². The number of para-hydroxylation sites is 1. The summed E-state index contributed by atoms with van der Waals surface area (Å²) in [5.41, 5.74) is 4.32. The summed E-state index contributed by atoms with van der Waals surface area (Å²) in [6.45, 7) is 5.92. The molecule has 0 saturated carbocycles. The number of fused-ring (bicyclic) bond motifs is 7. The number of carbonyl (C=O) groups is 2. The quantitative estimate of drug-likeness (QED) is 0.185. The Hall–Kier alpha value is -6.08. The first-order valence-electron chi connectivity index (χ1n) is 16.2. The van der Waals surface area contributed by atoms with E-state index < -0.39 is 11.6 Å². The van der Waals surface area contributed by atoms with Crippen molar-refractivity contribution in [1.82, 2.24) is 0 Å². The lowest BCUT2D eigenvalue weighted by Crippen LogP contribution is -2.35. The molecule has 0 saturated heterocycles. The lowest BCUT2D eigenvalue weighted by atomic mass is 9.77. The van der Waals surface area contributed by atoms with Gasteiger partial charge in [-0.15, -0.1) is 0 Å². The van der Waals surface area contributed by atoms with Crippen LogP contribution in [0.4, 0.5) is 27.5 Å². The summed E-state index contributed by atoms with van der Waals surface area (Å²) in [4.78, 5) is 31.8. The molecule has 0 fully saturated rings. The highest BCUT2D eigenvalue weighted by atomic mass is 16.6. The van der Waals surface area contributed by atoms with Crippen LogP contribution >= 0.6 is 0 Å². The maximum Gasteiger partial charge on any atom is 0.340 e. The van der Waals surface area contributed by atoms with E-state index in [9.17, 15) is 9.59 Å². The van der Waals surface area contributed by atoms with Crippen molar-refractivity contribution in [3.63, 3.8) is 0 Å². The van der Waals surface area contributed by atoms with E-state index in [1.807, 2.05) is 121 Å². The lowest BCUT2D eigenvalue weighted by Gasteiger charge is -2.38. The zero-order valence-electron chi connectivity index (χ0n) is 26.6. The predicted molar refractivity (Wildman–Crippen MR) is 190 cm³/mol. The molecule has 1 spiro atoms. The Labute approximate surface area is 279 Å². The molecule has 6 aromatic carbocycles. The van der Waals surface area contributed by atoms with Crippen molar-refractivity contribution in [2.75, 3.05) is 28.2 Å². The number of anilines is 4. The van der Waals surface area contributed by atoms with E-state index in [1.54, 1.807) is 11.0 Å². The van der Waals surface area contributed by atoms with Crippen LogP contribution in [0.1, 0.15) is 40.9 Å². The lowest BCUT2D eigenvalue weighted by molar-refractivity contribution is 0.0224. The highest BCUT2D eigenvalue weighted by Gasteiger charge is 2.53. The van der Waals surface area contributed by atoms with E-state index >= 15 is 0 Å². The fourth-order valence-electron chi connectivity index (χ4n) is 7.04. The molecular weight excluding hydrogens is 598 g/mol. The van der Waals surface area contributed by atoms with Crippen LogP contribution in [-0.4, -0.2) is 25.1 Å². The average Bonchev–Trinajstić information content (AvgIpc) is 3.42. The van der Waals surface area contributed by atoms with Crippen molar-refractivity contribution in [1.29, 1.82) is 0 Å². The second-order valence-corrected chi connectivity index (χ2v) is 11.9. The zero-order chi connectivity index (χ0) is 32.8. The van der Waals surface area contributed by atoms with Crippen LogP contribution < -0.4 is 19.9 Å². The molecule has 0 bridgehead atoms. The first-order valence-corrected chi connectivity index (χ1v) is 16.2. The molecule has 8 rings (SSSR count). The van der Waals surface area contributed by atoms with Gasteiger partial charge in [0.2, 0.25) is 0 Å². The first-order chi connectivity index (χ1) is 23.5. The van der Waals surface area contributed by atoms with Crippen LogP contribution in [0.3, 0.4) is 0 Å². The monoisotopic (exact) mass is 631 g/mol. The number of amides is 2. The van der Waals surface area contributed by atoms with Gasteiger partial charge in [0.1, 0.15) is 11.5 Å². The smallest absolute Gasteiger partial charge is 0.340 e. The molecule has 7 heteroatoms. The Morgan fingerprint density at radius 2 is 1.40 bits per heavy atom. The van der Waals surface area contributed by atoms with Crippen molar-refractivity contribution < 1.29 is 19.1 Å². The third-order valence-electron chi connectivity index (χ3n) is 9.31. The van der Waals surface area contributed by atoms with Crippen LogP contribution in [0.2, 0.25) is 0 Å². The van der Waals surface area contributed by atoms with Crippen LogP contribution in [0.5, 0.6) is 11.5 Å². The number of ether oxygens (including phenoxy) is 2. The number of hydrogen-bond donors (Lipinski definition) is 1. The summed E-state index contributed by atoms with van der Waals surface area (Å²) < 4.78 is 13.1. The average molecular weight is 632 g/mol. The fraction of sp³-hybridized carbons (Fsp3) is 0.122. The van der Waals surface area contributed by atoms with Crippen LogP contribution in [0.25, 0.3) is 10.8 Å². The number of nitrogens with zero attached hydrogens (tertiary/aromatic N) is 2. The molecule has 0 aromatic heterocycles. The third-order valence-corrected chi connectivity index (χ3v) is 9.31. The summed E-state index contributed by atoms with van der Waals surface area (Å²) in [6, 6.07) is 42.1. The molecule has 2 amide bonds. The van der Waals surface area contributed by atoms with Crippen molar-refractivity contribution in [3.8, 4) is 11.5 Å². The van der Waals surface area contributed by atoms with Crippen molar-refractivity contribution in [2.24, 2.45) is 0 Å². The minimum absolute atomic E-state index is 0.337. The van der Waals surface area contributed by atoms with E-state index in [0.717, 1.165) is 40.7 Å². The number of benzene rings is 6. The SMILES string of the molecule is CCN(CC)c1ccc2c(c1)Oc1ccc(N(C(=O)Nc3cccc4ccccc34)c3ccccc3)cc1C21OC(=O)c2ccccc21. The summed E-state index contributed by atoms with van der Waals surface area (Å²) >= 11 is 0. The number of urea groups is 1. The number of rotatable bonds is 6. The van der Waals surface area contributed by atoms with Gasteiger partial charge in [0.25, 0.3) is 0 Å². The maximum absolute atomic E-state index is 14.3. The summed E-state index contributed by atoms with van der Waals surface area (Å²) in [6.07, 6.45) is 0. The Bertz CT molecular complexity index is 2210. The minimum Gasteiger partial charge on any atom is -0.456 e. The Morgan fingerprint density at radius 1 is 0.667 bits per heavy atom. The normalized spacial score (nSPS) is 15.6. The zero-order valence-corrected chi connectivity index (χ0v) is 26.6. The molecule has 0 aliphatic carbocycles. The van der Waals surface area contributed by atoms with Gasteiger partial charge in [-0.25, -0.2) is 9.59 Å². The molecule has 2 heterocycles. The van der Waals surface area contributed by atoms with Gasteiger partial charge < -0.3 is 19.7 Å². The third kappa shape index (κ3) is 4.58. The second-order valence-electron chi connectivity index (χ2n) is 11.9. The van der Waals surface area contributed by atoms with Crippen LogP contribution in [0.15, 0.2) is 133 Å². The highest BCUT2D eigenvalue weighted by molar-refractivity contribution is 6.11. The van der Waals surface area contributed by atoms with Gasteiger partial charge in [0.15, 0.2) is 5.60 Å². The van der Waals surface area contributed by atoms with Crippen molar-refractivity contribution >= 4 is 45.5 Å². The molecule has 2 aliphatic rings. The molecule has 0 radical (unpaired) electrons. The van der Waals surface area contributed by atoms with Crippen LogP contribution in [0, 0.1) is 0 Å².